The highest BCUT2D eigenvalue weighted by Crippen LogP contribution is 2.36. The van der Waals surface area contributed by atoms with Crippen LogP contribution < -0.4 is 20.1 Å². The number of ether oxygens (including phenoxy) is 2. The summed E-state index contributed by atoms with van der Waals surface area (Å²) in [5, 5.41) is 72.9. The van der Waals surface area contributed by atoms with E-state index >= 15 is 0 Å². The molecule has 25 heteroatoms. The van der Waals surface area contributed by atoms with Gasteiger partial charge >= 0.3 is 6.03 Å². The molecule has 66 heavy (non-hydrogen) atoms. The number of hydrogen-bond donors (Lipinski definition) is 10. The Bertz CT molecular complexity index is 2200. The Morgan fingerprint density at radius 3 is 1.05 bits per heavy atom. The van der Waals surface area contributed by atoms with Gasteiger partial charge in [0, 0.05) is 51.4 Å². The van der Waals surface area contributed by atoms with Gasteiger partial charge in [-0.25, -0.2) is 4.79 Å². The molecule has 364 valence electrons. The third-order valence-electron chi connectivity index (χ3n) is 8.85. The highest BCUT2D eigenvalue weighted by atomic mass is 32.2. The van der Waals surface area contributed by atoms with Crippen molar-refractivity contribution in [2.45, 2.75) is 23.6 Å². The predicted octanol–water partition coefficient (Wildman–Crippen LogP) is 3.82. The monoisotopic (exact) mass is 966 g/mol. The molecule has 0 unspecified atom stereocenters. The summed E-state index contributed by atoms with van der Waals surface area (Å²) >= 11 is 0. The van der Waals surface area contributed by atoms with Gasteiger partial charge in [-0.05, 0) is 85.6 Å². The maximum atomic E-state index is 13.0. The zero-order chi connectivity index (χ0) is 49.3. The van der Waals surface area contributed by atoms with Crippen LogP contribution in [0.15, 0.2) is 103 Å². The molecule has 0 aliphatic carbocycles. The van der Waals surface area contributed by atoms with Gasteiger partial charge in [-0.1, -0.05) is 0 Å². The Morgan fingerprint density at radius 2 is 0.803 bits per heavy atom. The average molecular weight is 967 g/mol. The van der Waals surface area contributed by atoms with Crippen LogP contribution in [0, 0.1) is 13.8 Å². The number of azo groups is 2. The molecule has 0 heterocycles. The highest BCUT2D eigenvalue weighted by molar-refractivity contribution is 7.86. The summed E-state index contributed by atoms with van der Waals surface area (Å²) in [7, 11) is -5.81. The molecule has 0 spiro atoms. The number of urea groups is 1. The second-order valence-corrected chi connectivity index (χ2v) is 16.5. The molecule has 10 N–H and O–H groups in total. The molecular formula is C41H58N8O15S2. The molecule has 0 atom stereocenters. The largest absolute Gasteiger partial charge is 0.494 e. The predicted molar refractivity (Wildman–Crippen MR) is 244 cm³/mol. The number of amides is 2. The standard InChI is InChI=1S/C29H28N6O9S2.2C6H15NO3/c1-17-13-25(27(43-3)15-23(17)34-32-19-5-9-21(10-6-19)45(37,38)39)30-29(36)31-26-14-18(2)24(16-28(26)44-4)35-33-20-7-11-22(12-8-20)46(40,41)42;2*8-4-1-7(2-5-9)3-6-10/h5-16H,1-4H3,(H2,30,31,36)(H,37,38,39)(H,40,41,42);2*8-10H,1-6H2. The van der Waals surface area contributed by atoms with Crippen LogP contribution in [0.25, 0.3) is 0 Å². The molecule has 0 fully saturated rings. The van der Waals surface area contributed by atoms with E-state index in [1.807, 2.05) is 0 Å². The van der Waals surface area contributed by atoms with Crippen molar-refractivity contribution in [3.05, 3.63) is 83.9 Å². The zero-order valence-corrected chi connectivity index (χ0v) is 38.5. The molecule has 0 saturated carbocycles. The number of nitrogens with zero attached hydrogens (tertiary/aromatic N) is 6. The smallest absolute Gasteiger partial charge is 0.323 e. The van der Waals surface area contributed by atoms with Gasteiger partial charge < -0.3 is 50.7 Å². The average Bonchev–Trinajstić information content (AvgIpc) is 3.26. The lowest BCUT2D eigenvalue weighted by Crippen LogP contribution is -2.32. The fourth-order valence-corrected chi connectivity index (χ4v) is 6.45. The number of anilines is 2. The van der Waals surface area contributed by atoms with Crippen LogP contribution in [-0.4, -0.2) is 166 Å². The topological polar surface area (TPSA) is 346 Å². The number of aliphatic hydroxyl groups is 6. The molecule has 0 saturated heterocycles. The van der Waals surface area contributed by atoms with Crippen molar-refractivity contribution >= 4 is 60.4 Å². The molecule has 4 rings (SSSR count). The Hall–Kier alpha value is -5.55. The second kappa shape index (κ2) is 29.2. The fourth-order valence-electron chi connectivity index (χ4n) is 5.49. The minimum absolute atomic E-state index is 0.0694. The minimum Gasteiger partial charge on any atom is -0.494 e. The van der Waals surface area contributed by atoms with Crippen molar-refractivity contribution in [3.8, 4) is 11.5 Å². The number of benzene rings is 4. The number of hydrogen-bond acceptors (Lipinski definition) is 19. The van der Waals surface area contributed by atoms with Crippen LogP contribution in [-0.2, 0) is 20.2 Å². The van der Waals surface area contributed by atoms with Gasteiger partial charge in [-0.3, -0.25) is 18.9 Å². The first-order valence-corrected chi connectivity index (χ1v) is 22.8. The van der Waals surface area contributed by atoms with Crippen LogP contribution in [0.4, 0.5) is 38.9 Å². The number of rotatable bonds is 22. The van der Waals surface area contributed by atoms with Crippen LogP contribution in [0.1, 0.15) is 11.1 Å². The SMILES string of the molecule is COc1cc(N=Nc2ccc(S(=O)(=O)O)cc2)c(C)cc1NC(=O)Nc1cc(C)c(N=Nc2ccc(S(=O)(=O)O)cc2)cc1OC.OCCN(CCO)CCO.OCCN(CCO)CCO. The molecule has 4 aromatic carbocycles. The van der Waals surface area contributed by atoms with E-state index in [9.17, 15) is 21.6 Å². The molecular weight excluding hydrogens is 909 g/mol. The first kappa shape index (κ1) is 56.6. The lowest BCUT2D eigenvalue weighted by atomic mass is 10.1. The van der Waals surface area contributed by atoms with E-state index in [4.69, 9.17) is 49.2 Å². The molecule has 4 aromatic rings. The number of carbonyl (C=O) groups excluding carboxylic acids is 1. The summed E-state index contributed by atoms with van der Waals surface area (Å²) in [6.07, 6.45) is 0. The summed E-state index contributed by atoms with van der Waals surface area (Å²) in [5.74, 6) is 0.583. The second-order valence-electron chi connectivity index (χ2n) is 13.6. The Kier molecular flexibility index (Phi) is 25.0. The molecule has 0 radical (unpaired) electrons. The summed E-state index contributed by atoms with van der Waals surface area (Å²) in [6.45, 7) is 7.01. The third kappa shape index (κ3) is 19.9. The number of aliphatic hydroxyl groups excluding tert-OH is 6. The maximum absolute atomic E-state index is 13.0. The van der Waals surface area contributed by atoms with Crippen molar-refractivity contribution in [3.63, 3.8) is 0 Å². The van der Waals surface area contributed by atoms with Gasteiger partial charge in [0.15, 0.2) is 0 Å². The number of nitrogens with one attached hydrogen (secondary N) is 2. The molecule has 0 aliphatic heterocycles. The molecule has 0 aliphatic rings. The summed E-state index contributed by atoms with van der Waals surface area (Å²) in [5.41, 5.74) is 3.52. The fraction of sp³-hybridized carbons (Fsp3) is 0.390. The number of aryl methyl sites for hydroxylation is 2. The molecule has 0 bridgehead atoms. The normalized spacial score (nSPS) is 11.6. The Morgan fingerprint density at radius 1 is 0.515 bits per heavy atom. The maximum Gasteiger partial charge on any atom is 0.323 e. The van der Waals surface area contributed by atoms with Crippen molar-refractivity contribution in [1.82, 2.24) is 9.80 Å². The Labute approximate surface area is 383 Å². The molecule has 2 amide bonds. The van der Waals surface area contributed by atoms with Crippen LogP contribution in [0.2, 0.25) is 0 Å². The van der Waals surface area contributed by atoms with E-state index in [0.717, 1.165) is 0 Å². The lowest BCUT2D eigenvalue weighted by molar-refractivity contribution is 0.136. The van der Waals surface area contributed by atoms with E-state index in [1.165, 1.54) is 62.8 Å². The van der Waals surface area contributed by atoms with Gasteiger partial charge in [-0.15, -0.1) is 0 Å². The highest BCUT2D eigenvalue weighted by Gasteiger charge is 2.16. The number of methoxy groups -OCH3 is 2. The van der Waals surface area contributed by atoms with Crippen molar-refractivity contribution in [2.24, 2.45) is 20.5 Å². The van der Waals surface area contributed by atoms with E-state index in [1.54, 1.807) is 47.9 Å². The lowest BCUT2D eigenvalue weighted by Gasteiger charge is -2.17. The van der Waals surface area contributed by atoms with Crippen LogP contribution in [0.3, 0.4) is 0 Å². The first-order valence-electron chi connectivity index (χ1n) is 19.9. The van der Waals surface area contributed by atoms with Crippen LogP contribution >= 0.6 is 0 Å². The zero-order valence-electron chi connectivity index (χ0n) is 36.8. The van der Waals surface area contributed by atoms with Crippen molar-refractivity contribution in [2.75, 3.05) is 104 Å². The van der Waals surface area contributed by atoms with E-state index in [2.05, 4.69) is 31.1 Å². The summed E-state index contributed by atoms with van der Waals surface area (Å²) in [6, 6.07) is 16.2. The quantitative estimate of drug-likeness (QED) is 0.0395. The first-order chi connectivity index (χ1) is 31.4. The van der Waals surface area contributed by atoms with Gasteiger partial charge in [0.1, 0.15) is 11.5 Å². The summed E-state index contributed by atoms with van der Waals surface area (Å²) < 4.78 is 74.0. The molecule has 0 aromatic heterocycles. The molecule has 23 nitrogen and oxygen atoms in total. The van der Waals surface area contributed by atoms with Gasteiger partial charge in [0.2, 0.25) is 0 Å². The van der Waals surface area contributed by atoms with Crippen molar-refractivity contribution < 1.29 is 70.8 Å². The minimum atomic E-state index is -4.33. The van der Waals surface area contributed by atoms with Crippen molar-refractivity contribution in [1.29, 1.82) is 0 Å². The van der Waals surface area contributed by atoms with Crippen LogP contribution in [0.5, 0.6) is 11.5 Å². The van der Waals surface area contributed by atoms with E-state index in [-0.39, 0.29) is 49.4 Å². The van der Waals surface area contributed by atoms with E-state index in [0.29, 0.717) is 96.0 Å². The van der Waals surface area contributed by atoms with Gasteiger partial charge in [0.25, 0.3) is 20.2 Å². The van der Waals surface area contributed by atoms with Gasteiger partial charge in [0.05, 0.1) is 97.8 Å². The summed E-state index contributed by atoms with van der Waals surface area (Å²) in [4.78, 5) is 16.0. The third-order valence-corrected chi connectivity index (χ3v) is 10.6. The van der Waals surface area contributed by atoms with Gasteiger partial charge in [-0.2, -0.15) is 37.3 Å². The van der Waals surface area contributed by atoms with E-state index < -0.39 is 26.3 Å². The number of carbonyl (C=O) groups is 1. The Balaban J connectivity index is 0.000000619.